The first-order valence-electron chi connectivity index (χ1n) is 30.1. The van der Waals surface area contributed by atoms with Gasteiger partial charge in [0.05, 0.1) is 25.4 Å². The van der Waals surface area contributed by atoms with E-state index >= 15 is 0 Å². The molecule has 0 aromatic heterocycles. The van der Waals surface area contributed by atoms with Crippen molar-refractivity contribution in [3.8, 4) is 0 Å². The van der Waals surface area contributed by atoms with Crippen LogP contribution in [0.4, 0.5) is 0 Å². The minimum atomic E-state index is -0.848. The Labute approximate surface area is 418 Å². The highest BCUT2D eigenvalue weighted by molar-refractivity contribution is 5.76. The third kappa shape index (κ3) is 53.5. The molecule has 0 heterocycles. The van der Waals surface area contributed by atoms with Crippen LogP contribution in [0.5, 0.6) is 0 Å². The molecule has 67 heavy (non-hydrogen) atoms. The summed E-state index contributed by atoms with van der Waals surface area (Å²) in [6, 6.07) is -0.632. The summed E-state index contributed by atoms with van der Waals surface area (Å²) in [4.78, 5) is 24.5. The molecule has 0 aliphatic carbocycles. The van der Waals surface area contributed by atoms with Gasteiger partial charge in [-0.15, -0.1) is 0 Å². The molecule has 396 valence electrons. The molecule has 0 radical (unpaired) electrons. The number of nitrogens with one attached hydrogen (secondary N) is 1. The molecule has 1 amide bonds. The van der Waals surface area contributed by atoms with E-state index < -0.39 is 12.1 Å². The van der Waals surface area contributed by atoms with Crippen molar-refractivity contribution in [1.29, 1.82) is 0 Å². The van der Waals surface area contributed by atoms with Crippen LogP contribution in [-0.2, 0) is 14.3 Å². The predicted octanol–water partition coefficient (Wildman–Crippen LogP) is 18.6. The number of esters is 1. The van der Waals surface area contributed by atoms with E-state index in [0.717, 1.165) is 44.9 Å². The number of ether oxygens (including phenoxy) is 1. The van der Waals surface area contributed by atoms with Crippen molar-refractivity contribution in [2.45, 2.75) is 341 Å². The summed E-state index contributed by atoms with van der Waals surface area (Å²) in [7, 11) is 0. The topological polar surface area (TPSA) is 95.9 Å². The van der Waals surface area contributed by atoms with Crippen LogP contribution >= 0.6 is 0 Å². The van der Waals surface area contributed by atoms with Crippen LogP contribution in [0.2, 0.25) is 0 Å². The monoisotopic (exact) mass is 944 g/mol. The molecule has 2 unspecified atom stereocenters. The van der Waals surface area contributed by atoms with E-state index in [4.69, 9.17) is 4.74 Å². The number of carbonyl (C=O) groups excluding carboxylic acids is 2. The van der Waals surface area contributed by atoms with Gasteiger partial charge in [-0.05, 0) is 57.8 Å². The Kier molecular flexibility index (Phi) is 55.5. The second-order valence-electron chi connectivity index (χ2n) is 20.7. The average molecular weight is 945 g/mol. The van der Waals surface area contributed by atoms with E-state index in [2.05, 4.69) is 31.3 Å². The zero-order valence-corrected chi connectivity index (χ0v) is 45.1. The van der Waals surface area contributed by atoms with Gasteiger partial charge < -0.3 is 20.3 Å². The van der Waals surface area contributed by atoms with Gasteiger partial charge in [-0.2, -0.15) is 0 Å². The smallest absolute Gasteiger partial charge is 0.305 e. The molecule has 0 aromatic carbocycles. The van der Waals surface area contributed by atoms with E-state index in [1.54, 1.807) is 6.08 Å². The lowest BCUT2D eigenvalue weighted by molar-refractivity contribution is -0.143. The molecule has 6 heteroatoms. The Morgan fingerprint density at radius 2 is 0.701 bits per heavy atom. The first-order chi connectivity index (χ1) is 33.0. The average Bonchev–Trinajstić information content (AvgIpc) is 3.33. The Morgan fingerprint density at radius 3 is 1.06 bits per heavy atom. The molecular formula is C61H117NO5. The SMILES string of the molecule is CCCCCCCC/C=C\CCCCCCCCCC(=O)OCCCCCCCCCCCCCCCCCCCC(=O)NC(CO)C(O)/C=C/CCCCCCCCCCCCCCCC. The highest BCUT2D eigenvalue weighted by atomic mass is 16.5. The van der Waals surface area contributed by atoms with Crippen molar-refractivity contribution in [3.63, 3.8) is 0 Å². The zero-order chi connectivity index (χ0) is 48.6. The van der Waals surface area contributed by atoms with Crippen LogP contribution in [0.3, 0.4) is 0 Å². The maximum Gasteiger partial charge on any atom is 0.305 e. The molecule has 3 N–H and O–H groups in total. The highest BCUT2D eigenvalue weighted by Crippen LogP contribution is 2.17. The quantitative estimate of drug-likeness (QED) is 0.0321. The molecule has 0 rings (SSSR count). The molecule has 0 spiro atoms. The second kappa shape index (κ2) is 56.9. The summed E-state index contributed by atoms with van der Waals surface area (Å²) in [5.74, 6) is -0.0701. The first kappa shape index (κ1) is 65.3. The number of rotatable bonds is 56. The Bertz CT molecular complexity index is 1040. The molecule has 0 aliphatic heterocycles. The zero-order valence-electron chi connectivity index (χ0n) is 45.1. The number of hydrogen-bond donors (Lipinski definition) is 3. The first-order valence-corrected chi connectivity index (χ1v) is 30.1. The van der Waals surface area contributed by atoms with Crippen molar-refractivity contribution in [2.24, 2.45) is 0 Å². The van der Waals surface area contributed by atoms with Gasteiger partial charge in [-0.3, -0.25) is 9.59 Å². The van der Waals surface area contributed by atoms with Crippen LogP contribution in [0.15, 0.2) is 24.3 Å². The third-order valence-electron chi connectivity index (χ3n) is 14.0. The third-order valence-corrected chi connectivity index (χ3v) is 14.0. The minimum Gasteiger partial charge on any atom is -0.466 e. The molecular weight excluding hydrogens is 827 g/mol. The van der Waals surface area contributed by atoms with E-state index in [9.17, 15) is 19.8 Å². The lowest BCUT2D eigenvalue weighted by atomic mass is 10.0. The van der Waals surface area contributed by atoms with Crippen LogP contribution in [-0.4, -0.2) is 47.4 Å². The van der Waals surface area contributed by atoms with Gasteiger partial charge in [-0.1, -0.05) is 282 Å². The van der Waals surface area contributed by atoms with E-state index in [0.29, 0.717) is 19.4 Å². The van der Waals surface area contributed by atoms with Gasteiger partial charge in [0.1, 0.15) is 0 Å². The molecule has 2 atom stereocenters. The van der Waals surface area contributed by atoms with Crippen LogP contribution < -0.4 is 5.32 Å². The molecule has 0 bridgehead atoms. The number of amides is 1. The minimum absolute atomic E-state index is 0.00149. The van der Waals surface area contributed by atoms with Crippen LogP contribution in [0.25, 0.3) is 0 Å². The fourth-order valence-corrected chi connectivity index (χ4v) is 9.34. The second-order valence-corrected chi connectivity index (χ2v) is 20.7. The van der Waals surface area contributed by atoms with Gasteiger partial charge in [0.2, 0.25) is 5.91 Å². The number of aliphatic hydroxyl groups is 2. The summed E-state index contributed by atoms with van der Waals surface area (Å²) in [5, 5.41) is 23.1. The summed E-state index contributed by atoms with van der Waals surface area (Å²) >= 11 is 0. The fraction of sp³-hybridized carbons (Fsp3) is 0.902. The lowest BCUT2D eigenvalue weighted by Crippen LogP contribution is -2.45. The van der Waals surface area contributed by atoms with E-state index in [1.165, 1.54) is 257 Å². The molecule has 0 aliphatic rings. The van der Waals surface area contributed by atoms with Crippen molar-refractivity contribution in [2.75, 3.05) is 13.2 Å². The summed E-state index contributed by atoms with van der Waals surface area (Å²) in [6.07, 6.45) is 69.1. The van der Waals surface area contributed by atoms with Crippen molar-refractivity contribution < 1.29 is 24.5 Å². The van der Waals surface area contributed by atoms with Crippen molar-refractivity contribution in [3.05, 3.63) is 24.3 Å². The maximum atomic E-state index is 12.5. The fourth-order valence-electron chi connectivity index (χ4n) is 9.34. The molecule has 0 saturated carbocycles. The van der Waals surface area contributed by atoms with Gasteiger partial charge in [0.25, 0.3) is 0 Å². The van der Waals surface area contributed by atoms with Gasteiger partial charge in [0.15, 0.2) is 0 Å². The Hall–Kier alpha value is -1.66. The lowest BCUT2D eigenvalue weighted by Gasteiger charge is -2.20. The van der Waals surface area contributed by atoms with E-state index in [1.807, 2.05) is 6.08 Å². The van der Waals surface area contributed by atoms with Crippen LogP contribution in [0.1, 0.15) is 328 Å². The maximum absolute atomic E-state index is 12.5. The standard InChI is InChI=1S/C61H117NO5/c1-3-5-7-9-11-13-15-17-19-22-27-31-35-39-43-47-51-55-61(66)67-56-52-48-44-40-36-32-28-24-21-23-26-30-34-38-42-46-50-54-60(65)62-58(57-63)59(64)53-49-45-41-37-33-29-25-20-18-16-14-12-10-8-6-4-2/h17,19,49,53,58-59,63-64H,3-16,18,20-48,50-52,54-57H2,1-2H3,(H,62,65)/b19-17-,53-49+. The number of hydrogen-bond acceptors (Lipinski definition) is 5. The molecule has 0 saturated heterocycles. The molecule has 0 aromatic rings. The number of aliphatic hydroxyl groups excluding tert-OH is 2. The van der Waals surface area contributed by atoms with Crippen molar-refractivity contribution >= 4 is 11.9 Å². The van der Waals surface area contributed by atoms with Crippen LogP contribution in [0, 0.1) is 0 Å². The largest absolute Gasteiger partial charge is 0.466 e. The van der Waals surface area contributed by atoms with Gasteiger partial charge >= 0.3 is 5.97 Å². The molecule has 6 nitrogen and oxygen atoms in total. The predicted molar refractivity (Wildman–Crippen MR) is 292 cm³/mol. The van der Waals surface area contributed by atoms with Gasteiger partial charge in [-0.25, -0.2) is 0 Å². The summed E-state index contributed by atoms with van der Waals surface area (Å²) < 4.78 is 5.49. The normalized spacial score (nSPS) is 12.7. The van der Waals surface area contributed by atoms with E-state index in [-0.39, 0.29) is 18.5 Å². The molecule has 0 fully saturated rings. The Balaban J connectivity index is 3.43. The highest BCUT2D eigenvalue weighted by Gasteiger charge is 2.18. The number of allylic oxidation sites excluding steroid dienone is 3. The van der Waals surface area contributed by atoms with Gasteiger partial charge in [0, 0.05) is 12.8 Å². The Morgan fingerprint density at radius 1 is 0.403 bits per heavy atom. The summed E-state index contributed by atoms with van der Waals surface area (Å²) in [5.41, 5.74) is 0. The number of unbranched alkanes of at least 4 members (excludes halogenated alkanes) is 43. The summed E-state index contributed by atoms with van der Waals surface area (Å²) in [6.45, 7) is 4.90. The number of carbonyl (C=O) groups is 2. The van der Waals surface area contributed by atoms with Crippen molar-refractivity contribution in [1.82, 2.24) is 5.32 Å².